The second-order valence-corrected chi connectivity index (χ2v) is 9.39. The van der Waals surface area contributed by atoms with Crippen molar-refractivity contribution < 1.29 is 8.96 Å². The minimum absolute atomic E-state index is 0.124. The predicted molar refractivity (Wildman–Crippen MR) is 143 cm³/mol. The van der Waals surface area contributed by atoms with E-state index in [1.54, 1.807) is 6.07 Å². The molecule has 0 saturated heterocycles. The van der Waals surface area contributed by atoms with E-state index in [-0.39, 0.29) is 11.4 Å². The Bertz CT molecular complexity index is 1610. The molecule has 2 aromatic carbocycles. The van der Waals surface area contributed by atoms with Crippen LogP contribution in [-0.4, -0.2) is 20.0 Å². The number of nitrogens with zero attached hydrogens (tertiary/aromatic N) is 5. The molecule has 0 N–H and O–H groups in total. The number of hydrogen-bond acceptors (Lipinski definition) is 3. The van der Waals surface area contributed by atoms with Crippen LogP contribution < -0.4 is 4.57 Å². The SMILES string of the molecule is C=C1c2ccc(-n3cc(-c4ccc(-c5ccc(F)cn5)cc4)nn3)cc2-c2cccc[n+]2C1(CC)CC. The Labute approximate surface area is 215 Å². The molecule has 0 radical (unpaired) electrons. The van der Waals surface area contributed by atoms with Crippen molar-refractivity contribution in [3.63, 3.8) is 0 Å². The summed E-state index contributed by atoms with van der Waals surface area (Å²) >= 11 is 0. The summed E-state index contributed by atoms with van der Waals surface area (Å²) in [5, 5.41) is 8.84. The lowest BCUT2D eigenvalue weighted by molar-refractivity contribution is -0.741. The molecule has 37 heavy (non-hydrogen) atoms. The molecule has 0 amide bonds. The Kier molecular flexibility index (Phi) is 5.52. The molecule has 4 heterocycles. The van der Waals surface area contributed by atoms with Gasteiger partial charge in [0, 0.05) is 41.7 Å². The smallest absolute Gasteiger partial charge is 0.213 e. The van der Waals surface area contributed by atoms with Gasteiger partial charge in [-0.2, -0.15) is 4.57 Å². The van der Waals surface area contributed by atoms with E-state index >= 15 is 0 Å². The highest BCUT2D eigenvalue weighted by molar-refractivity contribution is 5.84. The number of pyridine rings is 2. The minimum Gasteiger partial charge on any atom is -0.253 e. The number of halogens is 1. The van der Waals surface area contributed by atoms with Crippen molar-refractivity contribution in [2.24, 2.45) is 0 Å². The molecule has 3 aromatic heterocycles. The van der Waals surface area contributed by atoms with Crippen LogP contribution >= 0.6 is 0 Å². The van der Waals surface area contributed by atoms with Crippen LogP contribution in [-0.2, 0) is 5.54 Å². The van der Waals surface area contributed by atoms with Crippen LogP contribution in [0.15, 0.2) is 98.0 Å². The van der Waals surface area contributed by atoms with Crippen molar-refractivity contribution in [2.45, 2.75) is 32.2 Å². The second-order valence-electron chi connectivity index (χ2n) is 9.39. The molecule has 0 fully saturated rings. The topological polar surface area (TPSA) is 47.5 Å². The van der Waals surface area contributed by atoms with E-state index in [1.807, 2.05) is 35.1 Å². The molecular weight excluding hydrogens is 461 g/mol. The Balaban J connectivity index is 1.35. The largest absolute Gasteiger partial charge is 0.253 e. The van der Waals surface area contributed by atoms with E-state index in [1.165, 1.54) is 23.5 Å². The van der Waals surface area contributed by atoms with Gasteiger partial charge in [-0.25, -0.2) is 9.07 Å². The third-order valence-electron chi connectivity index (χ3n) is 7.62. The summed E-state index contributed by atoms with van der Waals surface area (Å²) in [6, 6.07) is 23.7. The quantitative estimate of drug-likeness (QED) is 0.261. The summed E-state index contributed by atoms with van der Waals surface area (Å²) in [7, 11) is 0. The van der Waals surface area contributed by atoms with E-state index < -0.39 is 0 Å². The van der Waals surface area contributed by atoms with Gasteiger partial charge in [-0.15, -0.1) is 5.10 Å². The van der Waals surface area contributed by atoms with Crippen LogP contribution in [0.4, 0.5) is 4.39 Å². The van der Waals surface area contributed by atoms with Crippen molar-refractivity contribution in [3.05, 3.63) is 109 Å². The molecule has 5 aromatic rings. The molecule has 6 rings (SSSR count). The average molecular weight is 489 g/mol. The van der Waals surface area contributed by atoms with Gasteiger partial charge in [0.05, 0.1) is 29.3 Å². The Hall–Kier alpha value is -4.45. The maximum atomic E-state index is 13.2. The molecule has 6 heteroatoms. The zero-order valence-corrected chi connectivity index (χ0v) is 20.9. The van der Waals surface area contributed by atoms with Gasteiger partial charge < -0.3 is 0 Å². The first-order valence-electron chi connectivity index (χ1n) is 12.5. The molecule has 0 bridgehead atoms. The lowest BCUT2D eigenvalue weighted by Crippen LogP contribution is -2.59. The van der Waals surface area contributed by atoms with Gasteiger partial charge in [-0.3, -0.25) is 4.98 Å². The summed E-state index contributed by atoms with van der Waals surface area (Å²) in [6.07, 6.45) is 7.29. The summed E-state index contributed by atoms with van der Waals surface area (Å²) in [6.45, 7) is 9.02. The maximum Gasteiger partial charge on any atom is 0.213 e. The van der Waals surface area contributed by atoms with E-state index in [0.717, 1.165) is 52.2 Å². The predicted octanol–water partition coefficient (Wildman–Crippen LogP) is 6.63. The third kappa shape index (κ3) is 3.68. The van der Waals surface area contributed by atoms with Crippen LogP contribution in [0.25, 0.3) is 45.0 Å². The Morgan fingerprint density at radius 2 is 1.65 bits per heavy atom. The van der Waals surface area contributed by atoms with E-state index in [4.69, 9.17) is 0 Å². The molecule has 1 aliphatic rings. The highest BCUT2D eigenvalue weighted by Gasteiger charge is 2.46. The minimum atomic E-state index is -0.347. The molecule has 0 aliphatic carbocycles. The molecule has 0 unspecified atom stereocenters. The number of aromatic nitrogens is 5. The highest BCUT2D eigenvalue weighted by atomic mass is 19.1. The molecular formula is C31H27FN5+. The normalized spacial score (nSPS) is 13.8. The molecule has 5 nitrogen and oxygen atoms in total. The third-order valence-corrected chi connectivity index (χ3v) is 7.62. The summed E-state index contributed by atoms with van der Waals surface area (Å²) in [5.74, 6) is -0.347. The number of fused-ring (bicyclic) bond motifs is 3. The molecule has 0 spiro atoms. The Morgan fingerprint density at radius 1 is 0.892 bits per heavy atom. The maximum absolute atomic E-state index is 13.2. The lowest BCUT2D eigenvalue weighted by atomic mass is 9.75. The number of rotatable bonds is 5. The fourth-order valence-corrected chi connectivity index (χ4v) is 5.48. The van der Waals surface area contributed by atoms with Gasteiger partial charge in [-0.1, -0.05) is 56.0 Å². The second kappa shape index (κ2) is 8.89. The fraction of sp³-hybridized carbons (Fsp3) is 0.161. The van der Waals surface area contributed by atoms with Gasteiger partial charge in [-0.05, 0) is 35.9 Å². The van der Waals surface area contributed by atoms with Crippen molar-refractivity contribution >= 4 is 5.57 Å². The molecule has 0 atom stereocenters. The number of benzene rings is 2. The van der Waals surface area contributed by atoms with Gasteiger partial charge in [0.1, 0.15) is 11.5 Å². The average Bonchev–Trinajstić information content (AvgIpc) is 3.45. The summed E-state index contributed by atoms with van der Waals surface area (Å²) in [4.78, 5) is 4.16. The Morgan fingerprint density at radius 3 is 2.35 bits per heavy atom. The standard InChI is InChI=1S/C31H27FN5/c1-4-31(5-2)21(3)26-15-14-25(18-27(26)30-8-6-7-17-36(30)31)37-20-29(34-35-37)23-11-9-22(10-12-23)28-16-13-24(32)19-33-28/h6-20H,3-5H2,1-2H3/q+1. The van der Waals surface area contributed by atoms with E-state index in [9.17, 15) is 4.39 Å². The van der Waals surface area contributed by atoms with Gasteiger partial charge in [0.15, 0.2) is 11.7 Å². The monoisotopic (exact) mass is 488 g/mol. The molecule has 1 aliphatic heterocycles. The van der Waals surface area contributed by atoms with Crippen molar-refractivity contribution in [1.29, 1.82) is 0 Å². The summed E-state index contributed by atoms with van der Waals surface area (Å²) in [5.41, 5.74) is 8.83. The fourth-order valence-electron chi connectivity index (χ4n) is 5.48. The first-order chi connectivity index (χ1) is 18.0. The van der Waals surface area contributed by atoms with Crippen molar-refractivity contribution in [3.8, 4) is 39.5 Å². The van der Waals surface area contributed by atoms with Crippen LogP contribution in [0, 0.1) is 5.82 Å². The van der Waals surface area contributed by atoms with Crippen molar-refractivity contribution in [2.75, 3.05) is 0 Å². The number of hydrogen-bond donors (Lipinski definition) is 0. The van der Waals surface area contributed by atoms with Crippen molar-refractivity contribution in [1.82, 2.24) is 20.0 Å². The van der Waals surface area contributed by atoms with Gasteiger partial charge in [0.2, 0.25) is 5.69 Å². The zero-order valence-electron chi connectivity index (χ0n) is 20.9. The molecule has 182 valence electrons. The lowest BCUT2D eigenvalue weighted by Gasteiger charge is -2.34. The summed E-state index contributed by atoms with van der Waals surface area (Å²) < 4.78 is 17.4. The van der Waals surface area contributed by atoms with E-state index in [2.05, 4.69) is 82.9 Å². The zero-order chi connectivity index (χ0) is 25.6. The van der Waals surface area contributed by atoms with Crippen LogP contribution in [0.3, 0.4) is 0 Å². The van der Waals surface area contributed by atoms with E-state index in [0.29, 0.717) is 0 Å². The van der Waals surface area contributed by atoms with Crippen LogP contribution in [0.2, 0.25) is 0 Å². The number of allylic oxidation sites excluding steroid dienone is 1. The van der Waals surface area contributed by atoms with Crippen LogP contribution in [0.1, 0.15) is 32.3 Å². The van der Waals surface area contributed by atoms with Crippen LogP contribution in [0.5, 0.6) is 0 Å². The first kappa shape index (κ1) is 23.0. The highest BCUT2D eigenvalue weighted by Crippen LogP contribution is 2.43. The first-order valence-corrected chi connectivity index (χ1v) is 12.5. The molecule has 0 saturated carbocycles. The van der Waals surface area contributed by atoms with Gasteiger partial charge >= 0.3 is 0 Å². The van der Waals surface area contributed by atoms with Gasteiger partial charge in [0.25, 0.3) is 0 Å².